The topological polar surface area (TPSA) is 58.6 Å². The molecule has 0 aliphatic carbocycles. The number of hydrogen-bond acceptors (Lipinski definition) is 3. The molecule has 0 amide bonds. The fourth-order valence-electron chi connectivity index (χ4n) is 1.86. The molecular formula is C15H13F2NO3. The van der Waals surface area contributed by atoms with Gasteiger partial charge in [-0.1, -0.05) is 23.8 Å². The van der Waals surface area contributed by atoms with Gasteiger partial charge in [0.25, 0.3) is 0 Å². The van der Waals surface area contributed by atoms with Crippen LogP contribution in [0, 0.1) is 6.92 Å². The van der Waals surface area contributed by atoms with Gasteiger partial charge in [0.05, 0.1) is 16.9 Å². The van der Waals surface area contributed by atoms with Crippen LogP contribution in [0.25, 0.3) is 0 Å². The molecule has 110 valence electrons. The van der Waals surface area contributed by atoms with Crippen molar-refractivity contribution in [2.24, 2.45) is 0 Å². The molecule has 0 aliphatic heterocycles. The predicted molar refractivity (Wildman–Crippen MR) is 74.5 cm³/mol. The van der Waals surface area contributed by atoms with Gasteiger partial charge in [0.2, 0.25) is 0 Å². The van der Waals surface area contributed by atoms with E-state index >= 15 is 0 Å². The number of carbonyl (C=O) groups is 1. The highest BCUT2D eigenvalue weighted by molar-refractivity contribution is 5.95. The summed E-state index contributed by atoms with van der Waals surface area (Å²) in [5, 5.41) is 12.0. The van der Waals surface area contributed by atoms with Crippen LogP contribution in [0.2, 0.25) is 0 Å². The summed E-state index contributed by atoms with van der Waals surface area (Å²) >= 11 is 0. The van der Waals surface area contributed by atoms with Crippen molar-refractivity contribution in [3.63, 3.8) is 0 Å². The highest BCUT2D eigenvalue weighted by Crippen LogP contribution is 2.30. The van der Waals surface area contributed by atoms with E-state index < -0.39 is 12.6 Å². The summed E-state index contributed by atoms with van der Waals surface area (Å²) in [7, 11) is 0. The third-order valence-electron chi connectivity index (χ3n) is 2.78. The number of rotatable bonds is 5. The molecule has 0 aliphatic rings. The fraction of sp³-hybridized carbons (Fsp3) is 0.133. The molecule has 2 aromatic rings. The van der Waals surface area contributed by atoms with Crippen molar-refractivity contribution < 1.29 is 23.4 Å². The number of carboxylic acid groups (broad SMARTS) is 1. The van der Waals surface area contributed by atoms with E-state index in [4.69, 9.17) is 0 Å². The van der Waals surface area contributed by atoms with Crippen LogP contribution in [0.5, 0.6) is 5.75 Å². The summed E-state index contributed by atoms with van der Waals surface area (Å²) in [6.07, 6.45) is 0. The number of aromatic carboxylic acids is 1. The molecule has 21 heavy (non-hydrogen) atoms. The number of nitrogens with one attached hydrogen (secondary N) is 1. The molecule has 0 fully saturated rings. The number of halogens is 2. The number of ether oxygens (including phenoxy) is 1. The summed E-state index contributed by atoms with van der Waals surface area (Å²) in [5.41, 5.74) is 1.42. The Morgan fingerprint density at radius 2 is 1.90 bits per heavy atom. The van der Waals surface area contributed by atoms with E-state index in [9.17, 15) is 18.7 Å². The molecule has 0 saturated carbocycles. The molecule has 6 heteroatoms. The molecule has 0 spiro atoms. The lowest BCUT2D eigenvalue weighted by molar-refractivity contribution is -0.0493. The second-order valence-electron chi connectivity index (χ2n) is 4.35. The number of hydrogen-bond donors (Lipinski definition) is 2. The summed E-state index contributed by atoms with van der Waals surface area (Å²) < 4.78 is 29.1. The number of anilines is 2. The molecule has 4 nitrogen and oxygen atoms in total. The second-order valence-corrected chi connectivity index (χ2v) is 4.35. The van der Waals surface area contributed by atoms with E-state index in [1.165, 1.54) is 18.2 Å². The van der Waals surface area contributed by atoms with Gasteiger partial charge >= 0.3 is 12.6 Å². The normalized spacial score (nSPS) is 10.5. The van der Waals surface area contributed by atoms with Gasteiger partial charge in [-0.25, -0.2) is 4.79 Å². The summed E-state index contributed by atoms with van der Waals surface area (Å²) in [4.78, 5) is 11.2. The van der Waals surface area contributed by atoms with Crippen molar-refractivity contribution in [3.05, 3.63) is 53.6 Å². The summed E-state index contributed by atoms with van der Waals surface area (Å²) in [6.45, 7) is -1.19. The van der Waals surface area contributed by atoms with Crippen molar-refractivity contribution in [1.29, 1.82) is 0 Å². The molecule has 2 rings (SSSR count). The number of aryl methyl sites for hydroxylation is 1. The van der Waals surface area contributed by atoms with Crippen LogP contribution < -0.4 is 10.1 Å². The average Bonchev–Trinajstić information content (AvgIpc) is 2.42. The Hall–Kier alpha value is -2.63. The van der Waals surface area contributed by atoms with E-state index in [1.54, 1.807) is 31.2 Å². The lowest BCUT2D eigenvalue weighted by atomic mass is 10.1. The Morgan fingerprint density at radius 3 is 2.57 bits per heavy atom. The van der Waals surface area contributed by atoms with E-state index in [0.717, 1.165) is 5.56 Å². The van der Waals surface area contributed by atoms with Crippen molar-refractivity contribution in [2.45, 2.75) is 13.5 Å². The molecule has 0 heterocycles. The first-order chi connectivity index (χ1) is 9.97. The first-order valence-electron chi connectivity index (χ1n) is 6.12. The summed E-state index contributed by atoms with van der Waals surface area (Å²) in [6, 6.07) is 10.9. The van der Waals surface area contributed by atoms with Gasteiger partial charge in [-0.05, 0) is 31.2 Å². The lowest BCUT2D eigenvalue weighted by Gasteiger charge is -2.14. The maximum atomic E-state index is 12.4. The molecule has 2 N–H and O–H groups in total. The van der Waals surface area contributed by atoms with Crippen LogP contribution in [-0.2, 0) is 0 Å². The Kier molecular flexibility index (Phi) is 4.37. The van der Waals surface area contributed by atoms with Gasteiger partial charge < -0.3 is 15.2 Å². The Bertz CT molecular complexity index is 659. The average molecular weight is 293 g/mol. The second kappa shape index (κ2) is 6.21. The molecule has 0 aromatic heterocycles. The maximum Gasteiger partial charge on any atom is 0.387 e. The molecule has 0 bridgehead atoms. The standard InChI is InChI=1S/C15H13F2NO3/c1-9-6-7-11(10(8-9)14(19)20)18-12-4-2-3-5-13(12)21-15(16)17/h2-8,15,18H,1H3,(H,19,20). The van der Waals surface area contributed by atoms with Crippen LogP contribution in [0.3, 0.4) is 0 Å². The lowest BCUT2D eigenvalue weighted by Crippen LogP contribution is -2.06. The van der Waals surface area contributed by atoms with Crippen LogP contribution in [0.1, 0.15) is 15.9 Å². The number of para-hydroxylation sites is 2. The van der Waals surface area contributed by atoms with Gasteiger partial charge in [0.15, 0.2) is 0 Å². The monoisotopic (exact) mass is 293 g/mol. The quantitative estimate of drug-likeness (QED) is 0.873. The minimum absolute atomic E-state index is 0.0515. The van der Waals surface area contributed by atoms with Crippen molar-refractivity contribution >= 4 is 17.3 Å². The van der Waals surface area contributed by atoms with Gasteiger partial charge in [-0.15, -0.1) is 0 Å². The van der Waals surface area contributed by atoms with Gasteiger partial charge in [0.1, 0.15) is 5.75 Å². The van der Waals surface area contributed by atoms with Crippen LogP contribution in [0.15, 0.2) is 42.5 Å². The third kappa shape index (κ3) is 3.68. The number of alkyl halides is 2. The molecule has 0 radical (unpaired) electrons. The van der Waals surface area contributed by atoms with E-state index in [2.05, 4.69) is 10.1 Å². The Balaban J connectivity index is 2.37. The zero-order valence-corrected chi connectivity index (χ0v) is 11.1. The fourth-order valence-corrected chi connectivity index (χ4v) is 1.86. The number of carboxylic acids is 1. The molecule has 0 atom stereocenters. The maximum absolute atomic E-state index is 12.4. The van der Waals surface area contributed by atoms with Gasteiger partial charge in [-0.3, -0.25) is 0 Å². The van der Waals surface area contributed by atoms with E-state index in [1.807, 2.05) is 0 Å². The zero-order chi connectivity index (χ0) is 15.4. The highest BCUT2D eigenvalue weighted by Gasteiger charge is 2.13. The smallest absolute Gasteiger partial charge is 0.387 e. The molecular weight excluding hydrogens is 280 g/mol. The van der Waals surface area contributed by atoms with Crippen molar-refractivity contribution in [1.82, 2.24) is 0 Å². The molecule has 0 saturated heterocycles. The largest absolute Gasteiger partial charge is 0.478 e. The molecule has 2 aromatic carbocycles. The Labute approximate surface area is 120 Å². The molecule has 0 unspecified atom stereocenters. The van der Waals surface area contributed by atoms with Crippen LogP contribution in [-0.4, -0.2) is 17.7 Å². The minimum atomic E-state index is -2.95. The Morgan fingerprint density at radius 1 is 1.19 bits per heavy atom. The first kappa shape index (κ1) is 14.8. The van der Waals surface area contributed by atoms with Crippen LogP contribution in [0.4, 0.5) is 20.2 Å². The van der Waals surface area contributed by atoms with Gasteiger partial charge in [-0.2, -0.15) is 8.78 Å². The van der Waals surface area contributed by atoms with Crippen molar-refractivity contribution in [3.8, 4) is 5.75 Å². The van der Waals surface area contributed by atoms with Crippen molar-refractivity contribution in [2.75, 3.05) is 5.32 Å². The highest BCUT2D eigenvalue weighted by atomic mass is 19.3. The zero-order valence-electron chi connectivity index (χ0n) is 11.1. The van der Waals surface area contributed by atoms with E-state index in [-0.39, 0.29) is 17.0 Å². The van der Waals surface area contributed by atoms with Gasteiger partial charge in [0, 0.05) is 0 Å². The predicted octanol–water partition coefficient (Wildman–Crippen LogP) is 4.04. The minimum Gasteiger partial charge on any atom is -0.478 e. The van der Waals surface area contributed by atoms with Crippen LogP contribution >= 0.6 is 0 Å². The third-order valence-corrected chi connectivity index (χ3v) is 2.78. The SMILES string of the molecule is Cc1ccc(Nc2ccccc2OC(F)F)c(C(=O)O)c1. The number of benzene rings is 2. The first-order valence-corrected chi connectivity index (χ1v) is 6.12. The summed E-state index contributed by atoms with van der Waals surface area (Å²) in [5.74, 6) is -1.15. The van der Waals surface area contributed by atoms with E-state index in [0.29, 0.717) is 5.69 Å².